The van der Waals surface area contributed by atoms with Gasteiger partial charge in [0.25, 0.3) is 0 Å². The van der Waals surface area contributed by atoms with Crippen molar-refractivity contribution in [1.82, 2.24) is 0 Å². The predicted molar refractivity (Wildman–Crippen MR) is 90.4 cm³/mol. The number of aromatic hydroxyl groups is 1. The third-order valence-corrected chi connectivity index (χ3v) is 3.74. The second-order valence-electron chi connectivity index (χ2n) is 5.30. The quantitative estimate of drug-likeness (QED) is 0.832. The number of rotatable bonds is 4. The molecule has 0 saturated carbocycles. The monoisotopic (exact) mass is 339 g/mol. The summed E-state index contributed by atoms with van der Waals surface area (Å²) < 4.78 is 0. The average molecular weight is 340 g/mol. The molecule has 5 nitrogen and oxygen atoms in total. The summed E-state index contributed by atoms with van der Waals surface area (Å²) in [6.45, 7) is 1.66. The van der Waals surface area contributed by atoms with Crippen LogP contribution in [0.2, 0.25) is 5.02 Å². The van der Waals surface area contributed by atoms with Crippen molar-refractivity contribution in [3.8, 4) is 17.9 Å². The van der Waals surface area contributed by atoms with Crippen molar-refractivity contribution in [2.75, 3.05) is 5.32 Å². The molecule has 120 valence electrons. The molecule has 2 N–H and O–H groups in total. The van der Waals surface area contributed by atoms with Gasteiger partial charge in [-0.1, -0.05) is 23.7 Å². The first kappa shape index (κ1) is 17.3. The average Bonchev–Trinajstić information content (AvgIpc) is 2.57. The topological polar surface area (TPSA) is 96.9 Å². The van der Waals surface area contributed by atoms with E-state index in [-0.39, 0.29) is 17.9 Å². The number of aryl methyl sites for hydroxylation is 1. The summed E-state index contributed by atoms with van der Waals surface area (Å²) in [5.74, 6) is -1.54. The maximum Gasteiger partial charge on any atom is 0.242 e. The van der Waals surface area contributed by atoms with Crippen LogP contribution in [0.25, 0.3) is 0 Å². The van der Waals surface area contributed by atoms with E-state index in [4.69, 9.17) is 16.9 Å². The van der Waals surface area contributed by atoms with Gasteiger partial charge in [-0.15, -0.1) is 0 Å². The molecule has 24 heavy (non-hydrogen) atoms. The molecule has 2 aromatic carbocycles. The molecule has 1 atom stereocenters. The van der Waals surface area contributed by atoms with E-state index in [1.165, 1.54) is 6.07 Å². The maximum atomic E-state index is 12.3. The Morgan fingerprint density at radius 2 is 1.96 bits per heavy atom. The Hall–Kier alpha value is -3.02. The van der Waals surface area contributed by atoms with E-state index in [2.05, 4.69) is 5.32 Å². The van der Waals surface area contributed by atoms with E-state index in [1.54, 1.807) is 37.3 Å². The van der Waals surface area contributed by atoms with E-state index in [9.17, 15) is 15.2 Å². The Balaban J connectivity index is 2.15. The summed E-state index contributed by atoms with van der Waals surface area (Å²) in [5, 5.41) is 30.9. The van der Waals surface area contributed by atoms with Crippen molar-refractivity contribution < 1.29 is 9.90 Å². The standard InChI is InChI=1S/C18H14ClN3O2/c1-11-6-15(19)8-16(17(11)23)22-18(24)14(10-21)7-12-2-4-13(9-20)5-3-12/h2-6,8,14,23H,7H2,1H3,(H,22,24)/t14-/m0/s1. The van der Waals surface area contributed by atoms with Gasteiger partial charge in [-0.3, -0.25) is 4.79 Å². The molecule has 0 spiro atoms. The number of benzene rings is 2. The first-order valence-electron chi connectivity index (χ1n) is 7.13. The molecule has 0 aliphatic heterocycles. The lowest BCUT2D eigenvalue weighted by atomic mass is 9.99. The molecule has 0 saturated heterocycles. The van der Waals surface area contributed by atoms with Crippen LogP contribution in [0.4, 0.5) is 5.69 Å². The number of phenolic OH excluding ortho intramolecular Hbond substituents is 1. The number of carbonyl (C=O) groups excluding carboxylic acids is 1. The highest BCUT2D eigenvalue weighted by Crippen LogP contribution is 2.31. The molecule has 0 aromatic heterocycles. The van der Waals surface area contributed by atoms with Crippen molar-refractivity contribution in [2.24, 2.45) is 5.92 Å². The minimum atomic E-state index is -0.934. The van der Waals surface area contributed by atoms with E-state index in [1.807, 2.05) is 12.1 Å². The van der Waals surface area contributed by atoms with Gasteiger partial charge < -0.3 is 10.4 Å². The van der Waals surface area contributed by atoms with Crippen LogP contribution >= 0.6 is 11.6 Å². The van der Waals surface area contributed by atoms with Crippen LogP contribution in [-0.2, 0) is 11.2 Å². The number of nitriles is 2. The molecule has 0 radical (unpaired) electrons. The van der Waals surface area contributed by atoms with Gasteiger partial charge in [-0.2, -0.15) is 10.5 Å². The minimum Gasteiger partial charge on any atom is -0.505 e. The fourth-order valence-corrected chi connectivity index (χ4v) is 2.47. The number of halogens is 1. The molecule has 0 fully saturated rings. The smallest absolute Gasteiger partial charge is 0.242 e. The Morgan fingerprint density at radius 3 is 2.54 bits per heavy atom. The van der Waals surface area contributed by atoms with Gasteiger partial charge in [-0.25, -0.2) is 0 Å². The molecular weight excluding hydrogens is 326 g/mol. The van der Waals surface area contributed by atoms with Crippen molar-refractivity contribution in [3.63, 3.8) is 0 Å². The Kier molecular flexibility index (Phi) is 5.42. The molecule has 6 heteroatoms. The molecule has 0 unspecified atom stereocenters. The van der Waals surface area contributed by atoms with Gasteiger partial charge in [0.05, 0.1) is 23.4 Å². The van der Waals surface area contributed by atoms with Gasteiger partial charge in [0.2, 0.25) is 5.91 Å². The van der Waals surface area contributed by atoms with Gasteiger partial charge in [0, 0.05) is 5.02 Å². The summed E-state index contributed by atoms with van der Waals surface area (Å²) in [6, 6.07) is 13.6. The van der Waals surface area contributed by atoms with Crippen molar-refractivity contribution in [1.29, 1.82) is 10.5 Å². The van der Waals surface area contributed by atoms with Crippen LogP contribution in [-0.4, -0.2) is 11.0 Å². The van der Waals surface area contributed by atoms with Crippen molar-refractivity contribution in [2.45, 2.75) is 13.3 Å². The lowest BCUT2D eigenvalue weighted by Crippen LogP contribution is -2.23. The summed E-state index contributed by atoms with van der Waals surface area (Å²) >= 11 is 5.92. The Bertz CT molecular complexity index is 848. The Morgan fingerprint density at radius 1 is 1.29 bits per heavy atom. The molecule has 0 aliphatic rings. The fourth-order valence-electron chi connectivity index (χ4n) is 2.20. The number of carbonyl (C=O) groups is 1. The highest BCUT2D eigenvalue weighted by Gasteiger charge is 2.20. The van der Waals surface area contributed by atoms with E-state index in [0.29, 0.717) is 16.1 Å². The molecule has 0 bridgehead atoms. The first-order chi connectivity index (χ1) is 11.4. The summed E-state index contributed by atoms with van der Waals surface area (Å²) in [5.41, 5.74) is 1.97. The number of nitrogens with zero attached hydrogens (tertiary/aromatic N) is 2. The van der Waals surface area contributed by atoms with Crippen molar-refractivity contribution >= 4 is 23.2 Å². The first-order valence-corrected chi connectivity index (χ1v) is 7.51. The largest absolute Gasteiger partial charge is 0.505 e. The lowest BCUT2D eigenvalue weighted by molar-refractivity contribution is -0.118. The molecule has 1 amide bonds. The zero-order valence-electron chi connectivity index (χ0n) is 12.9. The fraction of sp³-hybridized carbons (Fsp3) is 0.167. The molecular formula is C18H14ClN3O2. The predicted octanol–water partition coefficient (Wildman–Crippen LogP) is 3.55. The number of hydrogen-bond acceptors (Lipinski definition) is 4. The van der Waals surface area contributed by atoms with Crippen LogP contribution in [0.5, 0.6) is 5.75 Å². The van der Waals surface area contributed by atoms with Gasteiger partial charge in [-0.05, 0) is 48.7 Å². The zero-order valence-corrected chi connectivity index (χ0v) is 13.6. The normalized spacial score (nSPS) is 11.2. The SMILES string of the molecule is Cc1cc(Cl)cc(NC(=O)[C@H](C#N)Cc2ccc(C#N)cc2)c1O. The van der Waals surface area contributed by atoms with Crippen LogP contribution in [0, 0.1) is 35.5 Å². The van der Waals surface area contributed by atoms with E-state index >= 15 is 0 Å². The van der Waals surface area contributed by atoms with Crippen molar-refractivity contribution in [3.05, 3.63) is 58.1 Å². The van der Waals surface area contributed by atoms with Gasteiger partial charge in [0.15, 0.2) is 0 Å². The van der Waals surface area contributed by atoms with Crippen LogP contribution < -0.4 is 5.32 Å². The second-order valence-corrected chi connectivity index (χ2v) is 5.74. The third-order valence-electron chi connectivity index (χ3n) is 3.52. The third kappa shape index (κ3) is 4.04. The van der Waals surface area contributed by atoms with E-state index in [0.717, 1.165) is 5.56 Å². The van der Waals surface area contributed by atoms with Gasteiger partial charge >= 0.3 is 0 Å². The highest BCUT2D eigenvalue weighted by molar-refractivity contribution is 6.31. The van der Waals surface area contributed by atoms with Crippen LogP contribution in [0.3, 0.4) is 0 Å². The molecule has 0 heterocycles. The number of phenols is 1. The number of nitrogens with one attached hydrogen (secondary N) is 1. The number of amides is 1. The maximum absolute atomic E-state index is 12.3. The van der Waals surface area contributed by atoms with Crippen LogP contribution in [0.1, 0.15) is 16.7 Å². The molecule has 2 aromatic rings. The van der Waals surface area contributed by atoms with E-state index < -0.39 is 11.8 Å². The highest BCUT2D eigenvalue weighted by atomic mass is 35.5. The van der Waals surface area contributed by atoms with Gasteiger partial charge in [0.1, 0.15) is 11.7 Å². The molecule has 2 rings (SSSR count). The number of hydrogen-bond donors (Lipinski definition) is 2. The summed E-state index contributed by atoms with van der Waals surface area (Å²) in [6.07, 6.45) is 0.203. The summed E-state index contributed by atoms with van der Waals surface area (Å²) in [4.78, 5) is 12.3. The summed E-state index contributed by atoms with van der Waals surface area (Å²) in [7, 11) is 0. The zero-order chi connectivity index (χ0) is 17.7. The number of anilines is 1. The Labute approximate surface area is 144 Å². The molecule has 0 aliphatic carbocycles. The minimum absolute atomic E-state index is 0.0807. The van der Waals surface area contributed by atoms with Crippen LogP contribution in [0.15, 0.2) is 36.4 Å². The second kappa shape index (κ2) is 7.50. The lowest BCUT2D eigenvalue weighted by Gasteiger charge is -2.13.